The number of hydrogen-bond acceptors (Lipinski definition) is 5. The molecule has 88 valence electrons. The largest absolute Gasteiger partial charge is 0.374 e. The summed E-state index contributed by atoms with van der Waals surface area (Å²) in [6.45, 7) is 3.73. The highest BCUT2D eigenvalue weighted by Crippen LogP contribution is 2.01. The maximum absolute atomic E-state index is 10.7. The topological polar surface area (TPSA) is 93.6 Å². The van der Waals surface area contributed by atoms with Crippen LogP contribution in [0.15, 0.2) is 0 Å². The number of likely N-dealkylation sites (N-methyl/N-ethyl adjacent to an activating group) is 1. The molecule has 5 N–H and O–H groups in total. The minimum Gasteiger partial charge on any atom is -0.374 e. The van der Waals surface area contributed by atoms with E-state index in [-0.39, 0.29) is 6.10 Å². The van der Waals surface area contributed by atoms with Gasteiger partial charge in [0.1, 0.15) is 0 Å². The van der Waals surface area contributed by atoms with E-state index in [1.54, 1.807) is 0 Å². The van der Waals surface area contributed by atoms with Gasteiger partial charge in [-0.15, -0.1) is 0 Å². The standard InChI is InChI=1S/C9H20N4O2/c1-13-2-3-15-7(6-13)4-12-5-8(10)9(11)14/h7-8,12H,2-6,10H2,1H3,(H2,11,14). The van der Waals surface area contributed by atoms with Crippen molar-refractivity contribution in [2.45, 2.75) is 12.1 Å². The first kappa shape index (κ1) is 12.4. The number of ether oxygens (including phenoxy) is 1. The van der Waals surface area contributed by atoms with Crippen LogP contribution in [-0.4, -0.2) is 62.8 Å². The molecule has 0 bridgehead atoms. The molecular weight excluding hydrogens is 196 g/mol. The van der Waals surface area contributed by atoms with E-state index in [4.69, 9.17) is 16.2 Å². The molecule has 15 heavy (non-hydrogen) atoms. The molecular formula is C9H20N4O2. The second-order valence-electron chi connectivity index (χ2n) is 3.92. The van der Waals surface area contributed by atoms with Gasteiger partial charge >= 0.3 is 0 Å². The lowest BCUT2D eigenvalue weighted by Gasteiger charge is -2.30. The quantitative estimate of drug-likeness (QED) is 0.481. The van der Waals surface area contributed by atoms with Crippen molar-refractivity contribution in [2.24, 2.45) is 11.5 Å². The number of rotatable bonds is 5. The maximum Gasteiger partial charge on any atom is 0.235 e. The lowest BCUT2D eigenvalue weighted by atomic mass is 10.2. The molecule has 2 atom stereocenters. The van der Waals surface area contributed by atoms with Crippen LogP contribution in [0.5, 0.6) is 0 Å². The number of amides is 1. The second kappa shape index (κ2) is 6.02. The molecule has 0 aliphatic carbocycles. The van der Waals surface area contributed by atoms with Gasteiger partial charge in [0.25, 0.3) is 0 Å². The van der Waals surface area contributed by atoms with Crippen LogP contribution in [0.1, 0.15) is 0 Å². The molecule has 0 aromatic rings. The summed E-state index contributed by atoms with van der Waals surface area (Å²) < 4.78 is 5.53. The van der Waals surface area contributed by atoms with Crippen molar-refractivity contribution in [3.05, 3.63) is 0 Å². The molecule has 1 fully saturated rings. The highest BCUT2D eigenvalue weighted by Gasteiger charge is 2.17. The number of morpholine rings is 1. The number of hydrogen-bond donors (Lipinski definition) is 3. The van der Waals surface area contributed by atoms with Crippen molar-refractivity contribution >= 4 is 5.91 Å². The number of nitrogens with zero attached hydrogens (tertiary/aromatic N) is 1. The van der Waals surface area contributed by atoms with E-state index in [0.717, 1.165) is 19.7 Å². The summed E-state index contributed by atoms with van der Waals surface area (Å²) in [5.74, 6) is -0.482. The Morgan fingerprint density at radius 1 is 1.73 bits per heavy atom. The summed E-state index contributed by atoms with van der Waals surface area (Å²) in [5, 5.41) is 3.08. The lowest BCUT2D eigenvalue weighted by Crippen LogP contribution is -2.49. The van der Waals surface area contributed by atoms with Gasteiger partial charge < -0.3 is 26.4 Å². The van der Waals surface area contributed by atoms with Gasteiger partial charge in [-0.2, -0.15) is 0 Å². The fourth-order valence-electron chi connectivity index (χ4n) is 1.49. The van der Waals surface area contributed by atoms with Crippen molar-refractivity contribution in [1.82, 2.24) is 10.2 Å². The summed E-state index contributed by atoms with van der Waals surface area (Å²) in [6.07, 6.45) is 0.170. The fraction of sp³-hybridized carbons (Fsp3) is 0.889. The van der Waals surface area contributed by atoms with Crippen molar-refractivity contribution in [3.63, 3.8) is 0 Å². The Kier molecular flexibility index (Phi) is 4.97. The average Bonchev–Trinajstić information content (AvgIpc) is 2.17. The van der Waals surface area contributed by atoms with E-state index in [1.807, 2.05) is 0 Å². The zero-order chi connectivity index (χ0) is 11.3. The highest BCUT2D eigenvalue weighted by atomic mass is 16.5. The van der Waals surface area contributed by atoms with E-state index >= 15 is 0 Å². The molecule has 1 heterocycles. The zero-order valence-electron chi connectivity index (χ0n) is 9.11. The summed E-state index contributed by atoms with van der Waals surface area (Å²) in [4.78, 5) is 12.9. The van der Waals surface area contributed by atoms with Crippen molar-refractivity contribution in [2.75, 3.05) is 39.8 Å². The van der Waals surface area contributed by atoms with Gasteiger partial charge in [-0.3, -0.25) is 4.79 Å². The molecule has 0 aromatic heterocycles. The van der Waals surface area contributed by atoms with E-state index in [2.05, 4.69) is 17.3 Å². The van der Waals surface area contributed by atoms with Crippen LogP contribution in [0.4, 0.5) is 0 Å². The van der Waals surface area contributed by atoms with E-state index in [9.17, 15) is 4.79 Å². The molecule has 1 aliphatic rings. The Labute approximate surface area is 89.9 Å². The Balaban J connectivity index is 2.11. The van der Waals surface area contributed by atoms with Gasteiger partial charge in [-0.05, 0) is 7.05 Å². The number of nitrogens with one attached hydrogen (secondary N) is 1. The molecule has 1 aliphatic heterocycles. The molecule has 0 radical (unpaired) electrons. The van der Waals surface area contributed by atoms with Crippen molar-refractivity contribution in [3.8, 4) is 0 Å². The Morgan fingerprint density at radius 3 is 3.07 bits per heavy atom. The summed E-state index contributed by atoms with van der Waals surface area (Å²) >= 11 is 0. The third-order valence-corrected chi connectivity index (χ3v) is 2.44. The van der Waals surface area contributed by atoms with Crippen LogP contribution in [0.3, 0.4) is 0 Å². The number of primary amides is 1. The Morgan fingerprint density at radius 2 is 2.47 bits per heavy atom. The van der Waals surface area contributed by atoms with Gasteiger partial charge in [0.05, 0.1) is 18.8 Å². The third-order valence-electron chi connectivity index (χ3n) is 2.44. The van der Waals surface area contributed by atoms with Crippen LogP contribution >= 0.6 is 0 Å². The third kappa shape index (κ3) is 4.57. The molecule has 1 saturated heterocycles. The Hall–Kier alpha value is -0.690. The van der Waals surface area contributed by atoms with Gasteiger partial charge in [0.2, 0.25) is 5.91 Å². The van der Waals surface area contributed by atoms with Gasteiger partial charge in [-0.1, -0.05) is 0 Å². The van der Waals surface area contributed by atoms with Crippen LogP contribution in [-0.2, 0) is 9.53 Å². The summed E-state index contributed by atoms with van der Waals surface area (Å²) in [6, 6.07) is -0.619. The molecule has 0 saturated carbocycles. The van der Waals surface area contributed by atoms with E-state index < -0.39 is 11.9 Å². The van der Waals surface area contributed by atoms with E-state index in [0.29, 0.717) is 13.1 Å². The monoisotopic (exact) mass is 216 g/mol. The maximum atomic E-state index is 10.7. The van der Waals surface area contributed by atoms with Crippen LogP contribution < -0.4 is 16.8 Å². The Bertz CT molecular complexity index is 212. The molecule has 1 amide bonds. The van der Waals surface area contributed by atoms with Gasteiger partial charge in [0.15, 0.2) is 0 Å². The fourth-order valence-corrected chi connectivity index (χ4v) is 1.49. The normalized spacial score (nSPS) is 25.1. The van der Waals surface area contributed by atoms with Crippen LogP contribution in [0.2, 0.25) is 0 Å². The number of carbonyl (C=O) groups excluding carboxylic acids is 1. The lowest BCUT2D eigenvalue weighted by molar-refractivity contribution is -0.119. The zero-order valence-corrected chi connectivity index (χ0v) is 9.11. The number of nitrogens with two attached hydrogens (primary N) is 2. The van der Waals surface area contributed by atoms with Gasteiger partial charge in [0, 0.05) is 26.2 Å². The van der Waals surface area contributed by atoms with Crippen molar-refractivity contribution < 1.29 is 9.53 Å². The summed E-state index contributed by atoms with van der Waals surface area (Å²) in [7, 11) is 2.06. The molecule has 0 aromatic carbocycles. The second-order valence-corrected chi connectivity index (χ2v) is 3.92. The minimum atomic E-state index is -0.619. The molecule has 2 unspecified atom stereocenters. The SMILES string of the molecule is CN1CCOC(CNCC(N)C(N)=O)C1. The summed E-state index contributed by atoms with van der Waals surface area (Å²) in [5.41, 5.74) is 10.5. The molecule has 1 rings (SSSR count). The van der Waals surface area contributed by atoms with Crippen LogP contribution in [0.25, 0.3) is 0 Å². The first-order valence-corrected chi connectivity index (χ1v) is 5.15. The van der Waals surface area contributed by atoms with Crippen LogP contribution in [0, 0.1) is 0 Å². The van der Waals surface area contributed by atoms with E-state index in [1.165, 1.54) is 0 Å². The molecule has 0 spiro atoms. The number of carbonyl (C=O) groups is 1. The first-order chi connectivity index (χ1) is 7.09. The van der Waals surface area contributed by atoms with Gasteiger partial charge in [-0.25, -0.2) is 0 Å². The highest BCUT2D eigenvalue weighted by molar-refractivity contribution is 5.79. The predicted molar refractivity (Wildman–Crippen MR) is 57.3 cm³/mol. The smallest absolute Gasteiger partial charge is 0.235 e. The molecule has 6 nitrogen and oxygen atoms in total. The molecule has 6 heteroatoms. The minimum absolute atomic E-state index is 0.170. The predicted octanol–water partition coefficient (Wildman–Crippen LogP) is -2.28. The van der Waals surface area contributed by atoms with Crippen molar-refractivity contribution in [1.29, 1.82) is 0 Å². The average molecular weight is 216 g/mol. The first-order valence-electron chi connectivity index (χ1n) is 5.15.